The predicted octanol–water partition coefficient (Wildman–Crippen LogP) is 1.89. The van der Waals surface area contributed by atoms with Crippen LogP contribution < -0.4 is 5.43 Å². The molecule has 0 unspecified atom stereocenters. The molecule has 2 aromatic heterocycles. The zero-order chi connectivity index (χ0) is 15.9. The van der Waals surface area contributed by atoms with Gasteiger partial charge < -0.3 is 4.57 Å². The maximum atomic E-state index is 12.9. The fraction of sp³-hybridized carbons (Fsp3) is 0.231. The van der Waals surface area contributed by atoms with Crippen molar-refractivity contribution < 1.29 is 13.2 Å². The van der Waals surface area contributed by atoms with E-state index in [0.29, 0.717) is 11.5 Å². The number of aromatic nitrogens is 5. The first kappa shape index (κ1) is 14.2. The lowest BCUT2D eigenvalue weighted by Gasteiger charge is -2.14. The maximum Gasteiger partial charge on any atom is 0.416 e. The highest BCUT2D eigenvalue weighted by Gasteiger charge is 2.31. The predicted molar refractivity (Wildman–Crippen MR) is 71.2 cm³/mol. The molecular formula is C13H10F3N5O. The summed E-state index contributed by atoms with van der Waals surface area (Å²) in [6.07, 6.45) is -4.48. The summed E-state index contributed by atoms with van der Waals surface area (Å²) in [4.78, 5) is 12.0. The molecule has 0 atom stereocenters. The molecule has 0 saturated heterocycles. The van der Waals surface area contributed by atoms with Crippen LogP contribution in [0.25, 0.3) is 10.9 Å². The van der Waals surface area contributed by atoms with E-state index in [1.165, 1.54) is 12.1 Å². The van der Waals surface area contributed by atoms with Crippen molar-refractivity contribution in [3.05, 3.63) is 51.6 Å². The average molecular weight is 309 g/mol. The van der Waals surface area contributed by atoms with Crippen molar-refractivity contribution in [2.75, 3.05) is 0 Å². The Labute approximate surface area is 121 Å². The quantitative estimate of drug-likeness (QED) is 0.784. The number of nitrogens with zero attached hydrogens (tertiary/aromatic N) is 4. The molecule has 0 fully saturated rings. The van der Waals surface area contributed by atoms with Gasteiger partial charge in [-0.05, 0) is 25.1 Å². The molecule has 114 valence electrons. The Balaban J connectivity index is 2.26. The van der Waals surface area contributed by atoms with E-state index in [0.717, 1.165) is 12.1 Å². The third-order valence-electron chi connectivity index (χ3n) is 3.34. The molecule has 0 aliphatic carbocycles. The number of rotatable bonds is 2. The molecule has 3 aromatic rings. The molecule has 3 rings (SSSR count). The van der Waals surface area contributed by atoms with E-state index in [2.05, 4.69) is 20.6 Å². The van der Waals surface area contributed by atoms with Crippen molar-refractivity contribution >= 4 is 10.9 Å². The smallest absolute Gasteiger partial charge is 0.337 e. The lowest BCUT2D eigenvalue weighted by molar-refractivity contribution is -0.137. The number of fused-ring (bicyclic) bond motifs is 1. The highest BCUT2D eigenvalue weighted by Crippen LogP contribution is 2.31. The summed E-state index contributed by atoms with van der Waals surface area (Å²) in [5.41, 5.74) is -0.441. The number of pyridine rings is 1. The molecule has 1 N–H and O–H groups in total. The number of aromatic amines is 1. The zero-order valence-electron chi connectivity index (χ0n) is 11.3. The molecule has 0 aliphatic rings. The van der Waals surface area contributed by atoms with Crippen LogP contribution in [0, 0.1) is 6.92 Å². The minimum atomic E-state index is -4.48. The summed E-state index contributed by atoms with van der Waals surface area (Å²) >= 11 is 0. The van der Waals surface area contributed by atoms with Gasteiger partial charge in [0.25, 0.3) is 0 Å². The van der Waals surface area contributed by atoms with Crippen LogP contribution in [0.5, 0.6) is 0 Å². The molecule has 22 heavy (non-hydrogen) atoms. The largest absolute Gasteiger partial charge is 0.416 e. The lowest BCUT2D eigenvalue weighted by Crippen LogP contribution is -2.15. The third-order valence-corrected chi connectivity index (χ3v) is 3.34. The number of tetrazole rings is 1. The number of aryl methyl sites for hydroxylation is 1. The normalized spacial score (nSPS) is 12.0. The molecule has 0 bridgehead atoms. The number of hydrogen-bond acceptors (Lipinski definition) is 4. The van der Waals surface area contributed by atoms with Crippen molar-refractivity contribution in [1.82, 2.24) is 25.2 Å². The molecule has 0 amide bonds. The SMILES string of the molecule is Cc1cc(=O)c2ccc(C(F)(F)F)cc2n1Cc1nn[nH]n1. The van der Waals surface area contributed by atoms with Crippen LogP contribution in [0.3, 0.4) is 0 Å². The monoisotopic (exact) mass is 309 g/mol. The van der Waals surface area contributed by atoms with E-state index in [1.807, 2.05) is 0 Å². The summed E-state index contributed by atoms with van der Waals surface area (Å²) in [6, 6.07) is 4.42. The van der Waals surface area contributed by atoms with Gasteiger partial charge in [-0.3, -0.25) is 4.79 Å². The Bertz CT molecular complexity index is 883. The van der Waals surface area contributed by atoms with Gasteiger partial charge in [-0.25, -0.2) is 0 Å². The summed E-state index contributed by atoms with van der Waals surface area (Å²) in [5.74, 6) is 0.311. The van der Waals surface area contributed by atoms with Gasteiger partial charge in [0.1, 0.15) is 0 Å². The van der Waals surface area contributed by atoms with Crippen LogP contribution in [-0.4, -0.2) is 25.2 Å². The van der Waals surface area contributed by atoms with E-state index >= 15 is 0 Å². The summed E-state index contributed by atoms with van der Waals surface area (Å²) in [7, 11) is 0. The van der Waals surface area contributed by atoms with Gasteiger partial charge in [0.2, 0.25) is 0 Å². The van der Waals surface area contributed by atoms with Gasteiger partial charge in [0.05, 0.1) is 17.6 Å². The lowest BCUT2D eigenvalue weighted by atomic mass is 10.1. The number of nitrogens with one attached hydrogen (secondary N) is 1. The first-order valence-electron chi connectivity index (χ1n) is 6.30. The van der Waals surface area contributed by atoms with Crippen molar-refractivity contribution in [2.45, 2.75) is 19.6 Å². The summed E-state index contributed by atoms with van der Waals surface area (Å²) in [6.45, 7) is 1.75. The Kier molecular flexibility index (Phi) is 3.19. The molecule has 0 aliphatic heterocycles. The average Bonchev–Trinajstić information content (AvgIpc) is 2.95. The van der Waals surface area contributed by atoms with E-state index in [-0.39, 0.29) is 22.9 Å². The Morgan fingerprint density at radius 2 is 2.05 bits per heavy atom. The zero-order valence-corrected chi connectivity index (χ0v) is 11.3. The summed E-state index contributed by atoms with van der Waals surface area (Å²) in [5, 5.41) is 13.5. The second kappa shape index (κ2) is 4.93. The van der Waals surface area contributed by atoms with E-state index in [1.54, 1.807) is 11.5 Å². The Hall–Kier alpha value is -2.71. The van der Waals surface area contributed by atoms with E-state index in [4.69, 9.17) is 0 Å². The van der Waals surface area contributed by atoms with Gasteiger partial charge in [0, 0.05) is 17.1 Å². The number of hydrogen-bond donors (Lipinski definition) is 1. The van der Waals surface area contributed by atoms with Crippen molar-refractivity contribution in [1.29, 1.82) is 0 Å². The second-order valence-electron chi connectivity index (χ2n) is 4.79. The highest BCUT2D eigenvalue weighted by atomic mass is 19.4. The van der Waals surface area contributed by atoms with E-state index in [9.17, 15) is 18.0 Å². The standard InChI is InChI=1S/C13H10F3N5O/c1-7-4-11(22)9-3-2-8(13(14,15)16)5-10(9)21(7)6-12-17-19-20-18-12/h2-5H,6H2,1H3,(H,17,18,19,20). The van der Waals surface area contributed by atoms with Crippen molar-refractivity contribution in [3.63, 3.8) is 0 Å². The number of benzene rings is 1. The fourth-order valence-corrected chi connectivity index (χ4v) is 2.28. The molecule has 9 heteroatoms. The molecule has 0 saturated carbocycles. The Morgan fingerprint density at radius 3 is 2.68 bits per heavy atom. The molecule has 2 heterocycles. The van der Waals surface area contributed by atoms with Crippen LogP contribution in [-0.2, 0) is 12.7 Å². The Morgan fingerprint density at radius 1 is 1.27 bits per heavy atom. The minimum Gasteiger partial charge on any atom is -0.337 e. The molecular weight excluding hydrogens is 299 g/mol. The van der Waals surface area contributed by atoms with Gasteiger partial charge in [-0.15, -0.1) is 10.2 Å². The summed E-state index contributed by atoms with van der Waals surface area (Å²) < 4.78 is 40.2. The molecule has 0 radical (unpaired) electrons. The van der Waals surface area contributed by atoms with Crippen LogP contribution in [0.1, 0.15) is 17.1 Å². The maximum absolute atomic E-state index is 12.9. The van der Waals surface area contributed by atoms with Gasteiger partial charge in [-0.2, -0.15) is 18.4 Å². The number of alkyl halides is 3. The van der Waals surface area contributed by atoms with Crippen LogP contribution in [0.4, 0.5) is 13.2 Å². The second-order valence-corrected chi connectivity index (χ2v) is 4.79. The van der Waals surface area contributed by atoms with Crippen molar-refractivity contribution in [3.8, 4) is 0 Å². The van der Waals surface area contributed by atoms with Crippen LogP contribution >= 0.6 is 0 Å². The first-order chi connectivity index (χ1) is 10.4. The molecule has 0 spiro atoms. The van der Waals surface area contributed by atoms with Gasteiger partial charge in [-0.1, -0.05) is 5.21 Å². The topological polar surface area (TPSA) is 76.5 Å². The van der Waals surface area contributed by atoms with Gasteiger partial charge in [0.15, 0.2) is 11.3 Å². The van der Waals surface area contributed by atoms with Crippen LogP contribution in [0.15, 0.2) is 29.1 Å². The highest BCUT2D eigenvalue weighted by molar-refractivity contribution is 5.80. The van der Waals surface area contributed by atoms with Crippen LogP contribution in [0.2, 0.25) is 0 Å². The van der Waals surface area contributed by atoms with Gasteiger partial charge >= 0.3 is 6.18 Å². The third kappa shape index (κ3) is 2.45. The molecule has 6 nitrogen and oxygen atoms in total. The first-order valence-corrected chi connectivity index (χ1v) is 6.30. The number of H-pyrrole nitrogens is 1. The number of halogens is 3. The molecule has 1 aromatic carbocycles. The minimum absolute atomic E-state index is 0.112. The van der Waals surface area contributed by atoms with E-state index < -0.39 is 11.7 Å². The fourth-order valence-electron chi connectivity index (χ4n) is 2.28. The van der Waals surface area contributed by atoms with Crippen molar-refractivity contribution in [2.24, 2.45) is 0 Å².